The van der Waals surface area contributed by atoms with Crippen LogP contribution in [0.15, 0.2) is 18.7 Å². The second-order valence-corrected chi connectivity index (χ2v) is 5.93. The molecule has 0 aromatic heterocycles. The minimum absolute atomic E-state index is 0.00212. The van der Waals surface area contributed by atoms with Crippen LogP contribution in [0.5, 0.6) is 5.75 Å². The molecule has 0 radical (unpaired) electrons. The smallest absolute Gasteiger partial charge is 0.280 e. The summed E-state index contributed by atoms with van der Waals surface area (Å²) in [5, 5.41) is 20.1. The van der Waals surface area contributed by atoms with E-state index in [1.54, 1.807) is 6.07 Å². The number of hydrogen-bond donors (Lipinski definition) is 1. The summed E-state index contributed by atoms with van der Waals surface area (Å²) in [4.78, 5) is 13.0. The molecular formula is C18H26N2O5. The number of nitrogens with zero attached hydrogens (tertiary/aromatic N) is 2. The SMILES string of the molecule is C=Cc1cc(N2CCOCC2)c(OCCCCCCO)cc1[N+](=O)[O-]. The molecule has 7 heteroatoms. The molecule has 0 spiro atoms. The Balaban J connectivity index is 2.16. The second kappa shape index (κ2) is 10.0. The Labute approximate surface area is 148 Å². The summed E-state index contributed by atoms with van der Waals surface area (Å²) >= 11 is 0. The van der Waals surface area contributed by atoms with Gasteiger partial charge in [-0.3, -0.25) is 10.1 Å². The van der Waals surface area contributed by atoms with Gasteiger partial charge in [-0.2, -0.15) is 0 Å². The summed E-state index contributed by atoms with van der Waals surface area (Å²) in [6, 6.07) is 3.27. The molecule has 7 nitrogen and oxygen atoms in total. The first-order valence-corrected chi connectivity index (χ1v) is 8.68. The number of hydrogen-bond acceptors (Lipinski definition) is 6. The van der Waals surface area contributed by atoms with Crippen LogP contribution in [0.4, 0.5) is 11.4 Å². The maximum atomic E-state index is 11.3. The van der Waals surface area contributed by atoms with Crippen molar-refractivity contribution in [2.75, 3.05) is 44.4 Å². The van der Waals surface area contributed by atoms with Gasteiger partial charge in [0.15, 0.2) is 0 Å². The van der Waals surface area contributed by atoms with E-state index < -0.39 is 4.92 Å². The third kappa shape index (κ3) is 5.44. The third-order valence-electron chi connectivity index (χ3n) is 4.19. The van der Waals surface area contributed by atoms with E-state index in [0.29, 0.717) is 31.1 Å². The molecule has 0 unspecified atom stereocenters. The first kappa shape index (κ1) is 19.2. The summed E-state index contributed by atoms with van der Waals surface area (Å²) in [6.07, 6.45) is 5.05. The fraction of sp³-hybridized carbons (Fsp3) is 0.556. The van der Waals surface area contributed by atoms with Gasteiger partial charge >= 0.3 is 0 Å². The Morgan fingerprint density at radius 2 is 2.00 bits per heavy atom. The lowest BCUT2D eigenvalue weighted by molar-refractivity contribution is -0.385. The quantitative estimate of drug-likeness (QED) is 0.397. The van der Waals surface area contributed by atoms with Crippen molar-refractivity contribution >= 4 is 17.5 Å². The summed E-state index contributed by atoms with van der Waals surface area (Å²) in [6.45, 7) is 7.08. The molecule has 25 heavy (non-hydrogen) atoms. The Morgan fingerprint density at radius 1 is 1.28 bits per heavy atom. The van der Waals surface area contributed by atoms with Crippen molar-refractivity contribution in [2.45, 2.75) is 25.7 Å². The first-order valence-electron chi connectivity index (χ1n) is 8.68. The first-order chi connectivity index (χ1) is 12.2. The fourth-order valence-electron chi connectivity index (χ4n) is 2.81. The predicted octanol–water partition coefficient (Wildman–Crippen LogP) is 3.01. The molecule has 1 aliphatic rings. The molecule has 138 valence electrons. The zero-order valence-corrected chi connectivity index (χ0v) is 14.5. The average Bonchev–Trinajstić information content (AvgIpc) is 2.64. The number of benzene rings is 1. The monoisotopic (exact) mass is 350 g/mol. The molecular weight excluding hydrogens is 324 g/mol. The van der Waals surface area contributed by atoms with Gasteiger partial charge in [0.05, 0.1) is 42.1 Å². The summed E-state index contributed by atoms with van der Waals surface area (Å²) in [5.41, 5.74) is 1.34. The maximum Gasteiger partial charge on any atom is 0.280 e. The van der Waals surface area contributed by atoms with E-state index in [1.165, 1.54) is 12.1 Å². The van der Waals surface area contributed by atoms with Crippen LogP contribution in [0, 0.1) is 10.1 Å². The van der Waals surface area contributed by atoms with Crippen molar-refractivity contribution in [1.29, 1.82) is 0 Å². The maximum absolute atomic E-state index is 11.3. The number of aliphatic hydroxyl groups is 1. The van der Waals surface area contributed by atoms with Crippen LogP contribution in [-0.4, -0.2) is 49.5 Å². The third-order valence-corrected chi connectivity index (χ3v) is 4.19. The van der Waals surface area contributed by atoms with Crippen molar-refractivity contribution in [1.82, 2.24) is 0 Å². The summed E-state index contributed by atoms with van der Waals surface area (Å²) in [7, 11) is 0. The van der Waals surface area contributed by atoms with Gasteiger partial charge in [-0.05, 0) is 25.3 Å². The summed E-state index contributed by atoms with van der Waals surface area (Å²) < 4.78 is 11.3. The van der Waals surface area contributed by atoms with Gasteiger partial charge < -0.3 is 19.5 Å². The topological polar surface area (TPSA) is 85.1 Å². The van der Waals surface area contributed by atoms with Crippen LogP contribution in [0.1, 0.15) is 31.2 Å². The lowest BCUT2D eigenvalue weighted by Gasteiger charge is -2.30. The highest BCUT2D eigenvalue weighted by atomic mass is 16.6. The number of morpholine rings is 1. The van der Waals surface area contributed by atoms with Crippen LogP contribution in [0.3, 0.4) is 0 Å². The van der Waals surface area contributed by atoms with Crippen LogP contribution in [0.2, 0.25) is 0 Å². The number of anilines is 1. The molecule has 1 aromatic carbocycles. The number of unbranched alkanes of at least 4 members (excludes halogenated alkanes) is 3. The predicted molar refractivity (Wildman–Crippen MR) is 97.3 cm³/mol. The van der Waals surface area contributed by atoms with Gasteiger partial charge in [-0.1, -0.05) is 19.1 Å². The van der Waals surface area contributed by atoms with Gasteiger partial charge in [0.25, 0.3) is 5.69 Å². The van der Waals surface area contributed by atoms with Crippen molar-refractivity contribution in [2.24, 2.45) is 0 Å². The van der Waals surface area contributed by atoms with E-state index >= 15 is 0 Å². The van der Waals surface area contributed by atoms with Crippen molar-refractivity contribution in [3.63, 3.8) is 0 Å². The van der Waals surface area contributed by atoms with Crippen LogP contribution in [-0.2, 0) is 4.74 Å². The molecule has 1 heterocycles. The molecule has 0 saturated carbocycles. The molecule has 1 aromatic rings. The van der Waals surface area contributed by atoms with Gasteiger partial charge in [0.2, 0.25) is 0 Å². The highest BCUT2D eigenvalue weighted by Gasteiger charge is 2.22. The Morgan fingerprint density at radius 3 is 2.64 bits per heavy atom. The Bertz CT molecular complexity index is 585. The van der Waals surface area contributed by atoms with E-state index in [0.717, 1.165) is 44.5 Å². The molecule has 0 amide bonds. The molecule has 2 rings (SSSR count). The molecule has 1 saturated heterocycles. The highest BCUT2D eigenvalue weighted by Crippen LogP contribution is 2.36. The van der Waals surface area contributed by atoms with Crippen LogP contribution < -0.4 is 9.64 Å². The minimum Gasteiger partial charge on any atom is -0.491 e. The largest absolute Gasteiger partial charge is 0.491 e. The number of nitro benzene ring substituents is 1. The molecule has 1 N–H and O–H groups in total. The van der Waals surface area contributed by atoms with Gasteiger partial charge in [0.1, 0.15) is 5.75 Å². The molecule has 0 bridgehead atoms. The number of rotatable bonds is 10. The number of ether oxygens (including phenoxy) is 2. The Hall–Kier alpha value is -2.12. The van der Waals surface area contributed by atoms with E-state index in [9.17, 15) is 10.1 Å². The highest BCUT2D eigenvalue weighted by molar-refractivity contribution is 5.72. The lowest BCUT2D eigenvalue weighted by atomic mass is 10.1. The second-order valence-electron chi connectivity index (χ2n) is 5.93. The average molecular weight is 350 g/mol. The van der Waals surface area contributed by atoms with Crippen molar-refractivity contribution < 1.29 is 19.5 Å². The van der Waals surface area contributed by atoms with E-state index in [-0.39, 0.29) is 12.3 Å². The standard InChI is InChI=1S/C18H26N2O5/c1-2-15-13-17(19-7-11-24-12-8-19)18(14-16(15)20(22)23)25-10-6-4-3-5-9-21/h2,13-14,21H,1,3-12H2. The number of nitro groups is 1. The van der Waals surface area contributed by atoms with Gasteiger partial charge in [-0.25, -0.2) is 0 Å². The van der Waals surface area contributed by atoms with Crippen LogP contribution in [0.25, 0.3) is 6.08 Å². The number of aliphatic hydroxyl groups excluding tert-OH is 1. The minimum atomic E-state index is -0.409. The molecule has 1 aliphatic heterocycles. The van der Waals surface area contributed by atoms with E-state index in [1.807, 2.05) is 0 Å². The van der Waals surface area contributed by atoms with E-state index in [2.05, 4.69) is 11.5 Å². The van der Waals surface area contributed by atoms with Crippen molar-refractivity contribution in [3.8, 4) is 5.75 Å². The van der Waals surface area contributed by atoms with Crippen LogP contribution >= 0.6 is 0 Å². The van der Waals surface area contributed by atoms with Gasteiger partial charge in [-0.15, -0.1) is 0 Å². The Kier molecular flexibility index (Phi) is 7.69. The lowest BCUT2D eigenvalue weighted by Crippen LogP contribution is -2.36. The van der Waals surface area contributed by atoms with Crippen molar-refractivity contribution in [3.05, 3.63) is 34.4 Å². The normalized spacial score (nSPS) is 14.4. The molecule has 1 fully saturated rings. The molecule has 0 aliphatic carbocycles. The fourth-order valence-corrected chi connectivity index (χ4v) is 2.81. The summed E-state index contributed by atoms with van der Waals surface area (Å²) in [5.74, 6) is 0.529. The zero-order chi connectivity index (χ0) is 18.1. The van der Waals surface area contributed by atoms with E-state index in [4.69, 9.17) is 14.6 Å². The van der Waals surface area contributed by atoms with Gasteiger partial charge in [0, 0.05) is 19.7 Å². The zero-order valence-electron chi connectivity index (χ0n) is 14.5. The molecule has 0 atom stereocenters.